The Hall–Kier alpha value is -1.92. The maximum atomic E-state index is 5.97. The third-order valence-corrected chi connectivity index (χ3v) is 4.63. The van der Waals surface area contributed by atoms with Crippen molar-refractivity contribution in [2.24, 2.45) is 0 Å². The highest BCUT2D eigenvalue weighted by Crippen LogP contribution is 2.36. The van der Waals surface area contributed by atoms with Crippen LogP contribution in [-0.2, 0) is 6.42 Å². The van der Waals surface area contributed by atoms with E-state index in [0.29, 0.717) is 5.02 Å². The van der Waals surface area contributed by atoms with Crippen molar-refractivity contribution in [1.82, 2.24) is 19.7 Å². The van der Waals surface area contributed by atoms with E-state index in [1.165, 1.54) is 0 Å². The average Bonchev–Trinajstić information content (AvgIpc) is 2.82. The molecule has 0 spiro atoms. The van der Waals surface area contributed by atoms with Gasteiger partial charge < -0.3 is 4.90 Å². The van der Waals surface area contributed by atoms with E-state index >= 15 is 0 Å². The fourth-order valence-electron chi connectivity index (χ4n) is 2.88. The Morgan fingerprint density at radius 3 is 2.78 bits per heavy atom. The number of aromatic nitrogens is 4. The molecule has 3 heterocycles. The molecule has 0 aliphatic carbocycles. The Kier molecular flexibility index (Phi) is 3.58. The molecule has 1 aromatic carbocycles. The Morgan fingerprint density at radius 2 is 2.00 bits per heavy atom. The van der Waals surface area contributed by atoms with Crippen LogP contribution in [0, 0.1) is 6.92 Å². The third kappa shape index (κ3) is 2.52. The molecule has 0 atom stereocenters. The molecular formula is C16H13BrClN5. The van der Waals surface area contributed by atoms with Gasteiger partial charge in [0.2, 0.25) is 0 Å². The number of benzene rings is 1. The SMILES string of the molecule is Cc1nnc2n1-c1ccc(Br)cc1N(c1ccc(Cl)cn1)CC2. The second-order valence-corrected chi connectivity index (χ2v) is 6.72. The Balaban J connectivity index is 1.92. The second-order valence-electron chi connectivity index (χ2n) is 5.37. The summed E-state index contributed by atoms with van der Waals surface area (Å²) in [7, 11) is 0. The molecular weight excluding hydrogens is 378 g/mol. The molecule has 4 rings (SSSR count). The normalized spacial score (nSPS) is 13.4. The summed E-state index contributed by atoms with van der Waals surface area (Å²) in [5.41, 5.74) is 2.12. The lowest BCUT2D eigenvalue weighted by molar-refractivity contribution is 0.832. The number of aryl methyl sites for hydroxylation is 1. The first-order valence-electron chi connectivity index (χ1n) is 7.23. The lowest BCUT2D eigenvalue weighted by Gasteiger charge is -2.24. The van der Waals surface area contributed by atoms with E-state index in [4.69, 9.17) is 11.6 Å². The van der Waals surface area contributed by atoms with Crippen LogP contribution in [0.3, 0.4) is 0 Å². The second kappa shape index (κ2) is 5.62. The van der Waals surface area contributed by atoms with Crippen molar-refractivity contribution in [2.75, 3.05) is 11.4 Å². The van der Waals surface area contributed by atoms with Crippen LogP contribution in [0.5, 0.6) is 0 Å². The molecule has 1 aliphatic rings. The highest BCUT2D eigenvalue weighted by molar-refractivity contribution is 9.10. The van der Waals surface area contributed by atoms with Crippen LogP contribution in [0.1, 0.15) is 11.6 Å². The summed E-state index contributed by atoms with van der Waals surface area (Å²) >= 11 is 9.54. The summed E-state index contributed by atoms with van der Waals surface area (Å²) in [6.07, 6.45) is 2.46. The summed E-state index contributed by atoms with van der Waals surface area (Å²) in [5, 5.41) is 9.16. The third-order valence-electron chi connectivity index (χ3n) is 3.91. The molecule has 0 saturated carbocycles. The smallest absolute Gasteiger partial charge is 0.139 e. The minimum atomic E-state index is 0.631. The topological polar surface area (TPSA) is 46.8 Å². The maximum absolute atomic E-state index is 5.97. The maximum Gasteiger partial charge on any atom is 0.139 e. The van der Waals surface area contributed by atoms with Crippen LogP contribution >= 0.6 is 27.5 Å². The van der Waals surface area contributed by atoms with Crippen molar-refractivity contribution in [1.29, 1.82) is 0 Å². The number of fused-ring (bicyclic) bond motifs is 3. The first-order valence-corrected chi connectivity index (χ1v) is 8.40. The first-order chi connectivity index (χ1) is 11.1. The van der Waals surface area contributed by atoms with Crippen LogP contribution in [0.4, 0.5) is 11.5 Å². The van der Waals surface area contributed by atoms with Crippen LogP contribution in [0.2, 0.25) is 5.02 Å². The van der Waals surface area contributed by atoms with E-state index in [2.05, 4.69) is 52.7 Å². The highest BCUT2D eigenvalue weighted by atomic mass is 79.9. The van der Waals surface area contributed by atoms with Crippen molar-refractivity contribution in [3.8, 4) is 5.69 Å². The van der Waals surface area contributed by atoms with Gasteiger partial charge in [-0.25, -0.2) is 4.98 Å². The number of rotatable bonds is 1. The highest BCUT2D eigenvalue weighted by Gasteiger charge is 2.24. The molecule has 23 heavy (non-hydrogen) atoms. The van der Waals surface area contributed by atoms with Gasteiger partial charge in [-0.2, -0.15) is 0 Å². The minimum Gasteiger partial charge on any atom is -0.324 e. The molecule has 116 valence electrons. The van der Waals surface area contributed by atoms with Crippen LogP contribution in [0.15, 0.2) is 41.0 Å². The van der Waals surface area contributed by atoms with Gasteiger partial charge in [-0.1, -0.05) is 27.5 Å². The van der Waals surface area contributed by atoms with E-state index in [9.17, 15) is 0 Å². The largest absolute Gasteiger partial charge is 0.324 e. The fourth-order valence-corrected chi connectivity index (χ4v) is 3.34. The molecule has 0 fully saturated rings. The number of hydrogen-bond donors (Lipinski definition) is 0. The van der Waals surface area contributed by atoms with E-state index in [0.717, 1.165) is 46.3 Å². The van der Waals surface area contributed by atoms with Crippen molar-refractivity contribution in [2.45, 2.75) is 13.3 Å². The zero-order valence-electron chi connectivity index (χ0n) is 12.4. The van der Waals surface area contributed by atoms with Crippen molar-refractivity contribution in [3.63, 3.8) is 0 Å². The van der Waals surface area contributed by atoms with Crippen LogP contribution in [-0.4, -0.2) is 26.3 Å². The average molecular weight is 391 g/mol. The molecule has 0 N–H and O–H groups in total. The van der Waals surface area contributed by atoms with Gasteiger partial charge in [-0.15, -0.1) is 10.2 Å². The summed E-state index contributed by atoms with van der Waals surface area (Å²) in [6.45, 7) is 2.74. The Morgan fingerprint density at radius 1 is 1.13 bits per heavy atom. The van der Waals surface area contributed by atoms with Gasteiger partial charge in [0.05, 0.1) is 16.4 Å². The van der Waals surface area contributed by atoms with Gasteiger partial charge >= 0.3 is 0 Å². The molecule has 5 nitrogen and oxygen atoms in total. The van der Waals surface area contributed by atoms with Gasteiger partial charge in [-0.05, 0) is 37.3 Å². The van der Waals surface area contributed by atoms with E-state index in [1.54, 1.807) is 6.20 Å². The van der Waals surface area contributed by atoms with E-state index in [-0.39, 0.29) is 0 Å². The van der Waals surface area contributed by atoms with Gasteiger partial charge in [0.25, 0.3) is 0 Å². The molecule has 7 heteroatoms. The number of nitrogens with zero attached hydrogens (tertiary/aromatic N) is 5. The molecule has 2 aromatic heterocycles. The monoisotopic (exact) mass is 389 g/mol. The number of hydrogen-bond acceptors (Lipinski definition) is 4. The zero-order chi connectivity index (χ0) is 16.0. The molecule has 0 bridgehead atoms. The lowest BCUT2D eigenvalue weighted by Crippen LogP contribution is -2.20. The van der Waals surface area contributed by atoms with Gasteiger partial charge in [0.15, 0.2) is 0 Å². The summed E-state index contributed by atoms with van der Waals surface area (Å²) in [4.78, 5) is 6.66. The quantitative estimate of drug-likeness (QED) is 0.628. The Labute approximate surface area is 147 Å². The van der Waals surface area contributed by atoms with Crippen LogP contribution in [0.25, 0.3) is 5.69 Å². The molecule has 0 saturated heterocycles. The first kappa shape index (κ1) is 14.7. The number of pyridine rings is 1. The number of anilines is 2. The molecule has 1 aliphatic heterocycles. The van der Waals surface area contributed by atoms with Gasteiger partial charge in [-0.3, -0.25) is 4.57 Å². The van der Waals surface area contributed by atoms with Gasteiger partial charge in [0.1, 0.15) is 17.5 Å². The predicted octanol–water partition coefficient (Wildman–Crippen LogP) is 4.08. The molecule has 0 radical (unpaired) electrons. The van der Waals surface area contributed by atoms with E-state index in [1.807, 2.05) is 25.1 Å². The minimum absolute atomic E-state index is 0.631. The van der Waals surface area contributed by atoms with Crippen molar-refractivity contribution in [3.05, 3.63) is 57.7 Å². The fraction of sp³-hybridized carbons (Fsp3) is 0.188. The van der Waals surface area contributed by atoms with Crippen LogP contribution < -0.4 is 4.90 Å². The predicted molar refractivity (Wildman–Crippen MR) is 93.8 cm³/mol. The summed E-state index contributed by atoms with van der Waals surface area (Å²) in [6, 6.07) is 10.00. The standard InChI is InChI=1S/C16H13BrClN5/c1-10-20-21-16-6-7-22(15-5-3-12(18)9-19-15)14-8-11(17)2-4-13(14)23(10)16/h2-5,8-9H,6-7H2,1H3. The number of halogens is 2. The van der Waals surface area contributed by atoms with Gasteiger partial charge in [0, 0.05) is 23.6 Å². The molecule has 3 aromatic rings. The Bertz CT molecular complexity index is 875. The molecule has 0 amide bonds. The van der Waals surface area contributed by atoms with Crippen molar-refractivity contribution < 1.29 is 0 Å². The zero-order valence-corrected chi connectivity index (χ0v) is 14.7. The summed E-state index contributed by atoms with van der Waals surface area (Å²) < 4.78 is 3.13. The summed E-state index contributed by atoms with van der Waals surface area (Å²) in [5.74, 6) is 2.71. The lowest BCUT2D eigenvalue weighted by atomic mass is 10.2. The van der Waals surface area contributed by atoms with E-state index < -0.39 is 0 Å². The molecule has 0 unspecified atom stereocenters. The van der Waals surface area contributed by atoms with Crippen molar-refractivity contribution >= 4 is 39.0 Å².